The van der Waals surface area contributed by atoms with Crippen LogP contribution in [0.25, 0.3) is 0 Å². The minimum absolute atomic E-state index is 0.298. The van der Waals surface area contributed by atoms with Crippen molar-refractivity contribution in [2.75, 3.05) is 30.2 Å². The fourth-order valence-corrected chi connectivity index (χ4v) is 3.66. The van der Waals surface area contributed by atoms with E-state index >= 15 is 0 Å². The highest BCUT2D eigenvalue weighted by atomic mass is 32.1. The molecule has 0 saturated heterocycles. The Labute approximate surface area is 178 Å². The Balaban J connectivity index is 1.68. The summed E-state index contributed by atoms with van der Waals surface area (Å²) in [6.45, 7) is 3.61. The quantitative estimate of drug-likeness (QED) is 0.531. The average Bonchev–Trinajstić information content (AvgIpc) is 3.08. The smallest absolute Gasteiger partial charge is 0.325 e. The van der Waals surface area contributed by atoms with Crippen molar-refractivity contribution in [2.24, 2.45) is 0 Å². The van der Waals surface area contributed by atoms with Crippen LogP contribution in [0.1, 0.15) is 20.9 Å². The molecular formula is C21H22N4O4S. The normalized spacial score (nSPS) is 10.3. The van der Waals surface area contributed by atoms with Crippen molar-refractivity contribution < 1.29 is 19.1 Å². The molecule has 0 spiro atoms. The number of nitrogens with zero attached hydrogens (tertiary/aromatic N) is 1. The standard InChI is InChI=1S/C21H22N4O4S/c1-12-11-14(9-10-16(12)28-3)23-19(26)18-13(2)22-21(30-18)25-20(27)24-15-7-5-6-8-17(15)29-4/h5-11H,1-4H3,(H,23,26)(H2,22,24,25,27). The summed E-state index contributed by atoms with van der Waals surface area (Å²) >= 11 is 1.10. The zero-order valence-electron chi connectivity index (χ0n) is 17.0. The zero-order chi connectivity index (χ0) is 21.7. The number of aromatic nitrogens is 1. The lowest BCUT2D eigenvalue weighted by atomic mass is 10.2. The predicted octanol–water partition coefficient (Wildman–Crippen LogP) is 4.67. The van der Waals surface area contributed by atoms with Gasteiger partial charge >= 0.3 is 6.03 Å². The Morgan fingerprint density at radius 3 is 2.37 bits per heavy atom. The van der Waals surface area contributed by atoms with Crippen LogP contribution >= 0.6 is 11.3 Å². The number of nitrogens with one attached hydrogen (secondary N) is 3. The van der Waals surface area contributed by atoms with E-state index in [4.69, 9.17) is 9.47 Å². The maximum Gasteiger partial charge on any atom is 0.325 e. The van der Waals surface area contributed by atoms with Gasteiger partial charge in [-0.1, -0.05) is 23.5 Å². The number of anilines is 3. The number of carbonyl (C=O) groups is 2. The molecule has 0 unspecified atom stereocenters. The predicted molar refractivity (Wildman–Crippen MR) is 118 cm³/mol. The number of carbonyl (C=O) groups excluding carboxylic acids is 2. The molecule has 3 N–H and O–H groups in total. The molecular weight excluding hydrogens is 404 g/mol. The Bertz CT molecular complexity index is 1080. The minimum atomic E-state index is -0.481. The molecule has 0 aliphatic carbocycles. The van der Waals surface area contributed by atoms with Crippen molar-refractivity contribution >= 4 is 39.8 Å². The van der Waals surface area contributed by atoms with Crippen LogP contribution in [0, 0.1) is 13.8 Å². The van der Waals surface area contributed by atoms with Crippen LogP contribution in [-0.4, -0.2) is 31.1 Å². The van der Waals surface area contributed by atoms with E-state index in [9.17, 15) is 9.59 Å². The number of amides is 3. The second-order valence-corrected chi connectivity index (χ2v) is 7.35. The van der Waals surface area contributed by atoms with E-state index in [1.807, 2.05) is 13.0 Å². The van der Waals surface area contributed by atoms with Crippen molar-refractivity contribution in [1.29, 1.82) is 0 Å². The maximum absolute atomic E-state index is 12.7. The largest absolute Gasteiger partial charge is 0.496 e. The van der Waals surface area contributed by atoms with E-state index in [1.54, 1.807) is 50.4 Å². The number of urea groups is 1. The molecule has 0 saturated carbocycles. The van der Waals surface area contributed by atoms with Gasteiger partial charge < -0.3 is 20.1 Å². The lowest BCUT2D eigenvalue weighted by Gasteiger charge is -2.09. The third kappa shape index (κ3) is 4.87. The number of rotatable bonds is 6. The summed E-state index contributed by atoms with van der Waals surface area (Å²) in [6, 6.07) is 12.0. The summed E-state index contributed by atoms with van der Waals surface area (Å²) in [7, 11) is 3.12. The lowest BCUT2D eigenvalue weighted by molar-refractivity contribution is 0.102. The van der Waals surface area contributed by atoms with Gasteiger partial charge in [-0.3, -0.25) is 10.1 Å². The van der Waals surface area contributed by atoms with Gasteiger partial charge in [0.1, 0.15) is 16.4 Å². The van der Waals surface area contributed by atoms with Crippen LogP contribution < -0.4 is 25.4 Å². The molecule has 0 atom stereocenters. The Morgan fingerprint density at radius 2 is 1.67 bits per heavy atom. The molecule has 0 bridgehead atoms. The van der Waals surface area contributed by atoms with Gasteiger partial charge in [-0.05, 0) is 49.7 Å². The first kappa shape index (κ1) is 21.1. The van der Waals surface area contributed by atoms with E-state index in [2.05, 4.69) is 20.9 Å². The number of hydrogen-bond donors (Lipinski definition) is 3. The highest BCUT2D eigenvalue weighted by molar-refractivity contribution is 7.17. The number of para-hydroxylation sites is 2. The van der Waals surface area contributed by atoms with Crippen LogP contribution in [0.4, 0.5) is 21.3 Å². The number of methoxy groups -OCH3 is 2. The second kappa shape index (κ2) is 9.27. The van der Waals surface area contributed by atoms with Gasteiger partial charge in [-0.2, -0.15) is 0 Å². The molecule has 0 aliphatic heterocycles. The molecule has 0 aliphatic rings. The maximum atomic E-state index is 12.7. The third-order valence-corrected chi connectivity index (χ3v) is 5.30. The van der Waals surface area contributed by atoms with Crippen LogP contribution in [0.3, 0.4) is 0 Å². The number of aryl methyl sites for hydroxylation is 2. The topological polar surface area (TPSA) is 102 Å². The molecule has 1 aromatic heterocycles. The van der Waals surface area contributed by atoms with Crippen molar-refractivity contribution in [3.8, 4) is 11.5 Å². The van der Waals surface area contributed by atoms with Gasteiger partial charge in [0, 0.05) is 5.69 Å². The number of hydrogen-bond acceptors (Lipinski definition) is 6. The Hall–Kier alpha value is -3.59. The molecule has 30 heavy (non-hydrogen) atoms. The summed E-state index contributed by atoms with van der Waals surface area (Å²) in [4.78, 5) is 29.7. The summed E-state index contributed by atoms with van der Waals surface area (Å²) in [5.41, 5.74) is 2.61. The van der Waals surface area contributed by atoms with Gasteiger partial charge in [0.25, 0.3) is 5.91 Å². The van der Waals surface area contributed by atoms with E-state index in [0.29, 0.717) is 32.8 Å². The first-order valence-electron chi connectivity index (χ1n) is 9.05. The van der Waals surface area contributed by atoms with E-state index in [1.165, 1.54) is 7.11 Å². The molecule has 1 heterocycles. The van der Waals surface area contributed by atoms with Gasteiger partial charge in [0.15, 0.2) is 5.13 Å². The number of ether oxygens (including phenoxy) is 2. The van der Waals surface area contributed by atoms with Gasteiger partial charge in [-0.25, -0.2) is 9.78 Å². The van der Waals surface area contributed by atoms with Gasteiger partial charge in [-0.15, -0.1) is 0 Å². The summed E-state index contributed by atoms with van der Waals surface area (Å²) < 4.78 is 10.4. The highest BCUT2D eigenvalue weighted by Crippen LogP contribution is 2.27. The molecule has 8 nitrogen and oxygen atoms in total. The number of benzene rings is 2. The minimum Gasteiger partial charge on any atom is -0.496 e. The molecule has 3 aromatic rings. The van der Waals surface area contributed by atoms with Crippen molar-refractivity contribution in [3.63, 3.8) is 0 Å². The van der Waals surface area contributed by atoms with E-state index in [-0.39, 0.29) is 5.91 Å². The molecule has 3 rings (SSSR count). The van der Waals surface area contributed by atoms with E-state index < -0.39 is 6.03 Å². The molecule has 3 amide bonds. The summed E-state index contributed by atoms with van der Waals surface area (Å²) in [5, 5.41) is 8.51. The molecule has 0 fully saturated rings. The van der Waals surface area contributed by atoms with Crippen molar-refractivity contribution in [1.82, 2.24) is 4.98 Å². The average molecular weight is 426 g/mol. The van der Waals surface area contributed by atoms with Crippen LogP contribution in [0.15, 0.2) is 42.5 Å². The van der Waals surface area contributed by atoms with Crippen molar-refractivity contribution in [2.45, 2.75) is 13.8 Å². The lowest BCUT2D eigenvalue weighted by Crippen LogP contribution is -2.19. The summed E-state index contributed by atoms with van der Waals surface area (Å²) in [5.74, 6) is 0.986. The first-order valence-corrected chi connectivity index (χ1v) is 9.87. The van der Waals surface area contributed by atoms with Crippen molar-refractivity contribution in [3.05, 3.63) is 58.6 Å². The summed E-state index contributed by atoms with van der Waals surface area (Å²) in [6.07, 6.45) is 0. The zero-order valence-corrected chi connectivity index (χ0v) is 17.8. The highest BCUT2D eigenvalue weighted by Gasteiger charge is 2.17. The van der Waals surface area contributed by atoms with Crippen LogP contribution in [0.5, 0.6) is 11.5 Å². The molecule has 0 radical (unpaired) electrons. The number of thiazole rings is 1. The second-order valence-electron chi connectivity index (χ2n) is 6.35. The van der Waals surface area contributed by atoms with Gasteiger partial charge in [0.05, 0.1) is 25.6 Å². The Morgan fingerprint density at radius 1 is 0.933 bits per heavy atom. The molecule has 2 aromatic carbocycles. The fourth-order valence-electron chi connectivity index (χ4n) is 2.80. The van der Waals surface area contributed by atoms with Crippen LogP contribution in [-0.2, 0) is 0 Å². The monoisotopic (exact) mass is 426 g/mol. The third-order valence-electron chi connectivity index (χ3n) is 4.23. The SMILES string of the molecule is COc1ccc(NC(=O)c2sc(NC(=O)Nc3ccccc3OC)nc2C)cc1C. The molecule has 9 heteroatoms. The first-order chi connectivity index (χ1) is 14.4. The van der Waals surface area contributed by atoms with E-state index in [0.717, 1.165) is 22.6 Å². The van der Waals surface area contributed by atoms with Crippen LogP contribution in [0.2, 0.25) is 0 Å². The van der Waals surface area contributed by atoms with Gasteiger partial charge in [0.2, 0.25) is 0 Å². The Kier molecular flexibility index (Phi) is 6.53. The fraction of sp³-hybridized carbons (Fsp3) is 0.190. The molecule has 156 valence electrons.